The number of rotatable bonds is 9. The normalized spacial score (nSPS) is 11.0. The number of ether oxygens (including phenoxy) is 1. The van der Waals surface area contributed by atoms with Gasteiger partial charge in [-0.1, -0.05) is 25.1 Å². The van der Waals surface area contributed by atoms with E-state index in [-0.39, 0.29) is 11.5 Å². The number of aromatic nitrogens is 4. The van der Waals surface area contributed by atoms with Crippen molar-refractivity contribution in [3.05, 3.63) is 51.6 Å². The zero-order chi connectivity index (χ0) is 20.8. The minimum absolute atomic E-state index is 0.229. The number of aromatic amines is 1. The van der Waals surface area contributed by atoms with Gasteiger partial charge in [0.2, 0.25) is 5.95 Å². The maximum absolute atomic E-state index is 12.6. The van der Waals surface area contributed by atoms with Gasteiger partial charge in [-0.05, 0) is 42.9 Å². The number of carbonyl (C=O) groups is 1. The molecule has 0 amide bonds. The summed E-state index contributed by atoms with van der Waals surface area (Å²) in [4.78, 5) is 34.8. The molecular formula is C21H27N5O3. The first kappa shape index (κ1) is 20.6. The first-order valence-electron chi connectivity index (χ1n) is 9.88. The lowest BCUT2D eigenvalue weighted by Crippen LogP contribution is -2.16. The molecule has 0 bridgehead atoms. The molecule has 0 saturated heterocycles. The van der Waals surface area contributed by atoms with Gasteiger partial charge < -0.3 is 14.6 Å². The summed E-state index contributed by atoms with van der Waals surface area (Å²) in [6, 6.07) is 6.35. The highest BCUT2D eigenvalue weighted by molar-refractivity contribution is 5.70. The molecule has 8 nitrogen and oxygen atoms in total. The van der Waals surface area contributed by atoms with Crippen molar-refractivity contribution in [2.75, 3.05) is 11.9 Å². The van der Waals surface area contributed by atoms with E-state index in [1.807, 2.05) is 0 Å². The smallest absolute Gasteiger partial charge is 0.302 e. The third-order valence-corrected chi connectivity index (χ3v) is 4.84. The molecule has 0 aliphatic rings. The van der Waals surface area contributed by atoms with Crippen LogP contribution >= 0.6 is 0 Å². The summed E-state index contributed by atoms with van der Waals surface area (Å²) in [5.74, 6) is 0.122. The second-order valence-corrected chi connectivity index (χ2v) is 7.04. The van der Waals surface area contributed by atoms with Crippen molar-refractivity contribution in [3.8, 4) is 0 Å². The number of aryl methyl sites for hydroxylation is 3. The van der Waals surface area contributed by atoms with Gasteiger partial charge in [-0.3, -0.25) is 14.6 Å². The van der Waals surface area contributed by atoms with Gasteiger partial charge in [0.05, 0.1) is 12.9 Å². The molecular weight excluding hydrogens is 370 g/mol. The van der Waals surface area contributed by atoms with Crippen LogP contribution in [0.15, 0.2) is 29.3 Å². The summed E-state index contributed by atoms with van der Waals surface area (Å²) < 4.78 is 6.70. The summed E-state index contributed by atoms with van der Waals surface area (Å²) in [6.45, 7) is 7.19. The largest absolute Gasteiger partial charge is 0.466 e. The fourth-order valence-electron chi connectivity index (χ4n) is 3.24. The SMILES string of the molecule is CCc1cc(CNc2nc3ncn(CCCCOC(C)=O)c3c(=O)[nH]2)ccc1C. The molecule has 1 aromatic carbocycles. The third kappa shape index (κ3) is 5.22. The number of esters is 1. The Morgan fingerprint density at radius 2 is 2.14 bits per heavy atom. The van der Waals surface area contributed by atoms with E-state index in [0.29, 0.717) is 36.8 Å². The van der Waals surface area contributed by atoms with Gasteiger partial charge in [-0.25, -0.2) is 4.98 Å². The van der Waals surface area contributed by atoms with Crippen LogP contribution in [-0.2, 0) is 29.0 Å². The van der Waals surface area contributed by atoms with Gasteiger partial charge in [0, 0.05) is 20.0 Å². The van der Waals surface area contributed by atoms with Crippen LogP contribution in [-0.4, -0.2) is 32.1 Å². The van der Waals surface area contributed by atoms with Gasteiger partial charge in [-0.2, -0.15) is 4.98 Å². The maximum atomic E-state index is 12.6. The Morgan fingerprint density at radius 3 is 2.90 bits per heavy atom. The van der Waals surface area contributed by atoms with Crippen molar-refractivity contribution in [3.63, 3.8) is 0 Å². The number of carbonyl (C=O) groups excluding carboxylic acids is 1. The summed E-state index contributed by atoms with van der Waals surface area (Å²) in [7, 11) is 0. The Bertz CT molecular complexity index is 1050. The van der Waals surface area contributed by atoms with Crippen molar-refractivity contribution in [2.45, 2.75) is 53.1 Å². The van der Waals surface area contributed by atoms with Gasteiger partial charge in [-0.15, -0.1) is 0 Å². The number of anilines is 1. The predicted octanol–water partition coefficient (Wildman–Crippen LogP) is 2.95. The summed E-state index contributed by atoms with van der Waals surface area (Å²) >= 11 is 0. The second kappa shape index (κ2) is 9.36. The molecule has 0 fully saturated rings. The van der Waals surface area contributed by atoms with E-state index in [1.165, 1.54) is 18.1 Å². The van der Waals surface area contributed by atoms with Crippen molar-refractivity contribution in [2.24, 2.45) is 0 Å². The molecule has 0 aliphatic heterocycles. The topological polar surface area (TPSA) is 102 Å². The highest BCUT2D eigenvalue weighted by Crippen LogP contribution is 2.14. The van der Waals surface area contributed by atoms with Crippen LogP contribution in [0.1, 0.15) is 43.4 Å². The Labute approximate surface area is 169 Å². The molecule has 0 radical (unpaired) electrons. The van der Waals surface area contributed by atoms with Crippen molar-refractivity contribution in [1.29, 1.82) is 0 Å². The Morgan fingerprint density at radius 1 is 1.31 bits per heavy atom. The molecule has 0 unspecified atom stereocenters. The monoisotopic (exact) mass is 397 g/mol. The van der Waals surface area contributed by atoms with Crippen molar-refractivity contribution in [1.82, 2.24) is 19.5 Å². The molecule has 8 heteroatoms. The fourth-order valence-corrected chi connectivity index (χ4v) is 3.24. The molecule has 2 N–H and O–H groups in total. The van der Waals surface area contributed by atoms with Crippen LogP contribution in [0, 0.1) is 6.92 Å². The first-order valence-corrected chi connectivity index (χ1v) is 9.88. The number of unbranched alkanes of at least 4 members (excludes halogenated alkanes) is 1. The molecule has 2 heterocycles. The first-order chi connectivity index (χ1) is 14.0. The predicted molar refractivity (Wildman–Crippen MR) is 112 cm³/mol. The third-order valence-electron chi connectivity index (χ3n) is 4.84. The number of H-pyrrole nitrogens is 1. The number of hydrogen-bond acceptors (Lipinski definition) is 6. The second-order valence-electron chi connectivity index (χ2n) is 7.04. The molecule has 0 saturated carbocycles. The van der Waals surface area contributed by atoms with Crippen LogP contribution < -0.4 is 10.9 Å². The lowest BCUT2D eigenvalue weighted by molar-refractivity contribution is -0.141. The summed E-state index contributed by atoms with van der Waals surface area (Å²) in [6.07, 6.45) is 4.10. The van der Waals surface area contributed by atoms with Crippen molar-refractivity contribution >= 4 is 23.1 Å². The molecule has 2 aromatic heterocycles. The van der Waals surface area contributed by atoms with E-state index in [2.05, 4.69) is 52.3 Å². The number of hydrogen-bond donors (Lipinski definition) is 2. The van der Waals surface area contributed by atoms with E-state index in [9.17, 15) is 9.59 Å². The summed E-state index contributed by atoms with van der Waals surface area (Å²) in [5.41, 5.74) is 4.36. The number of nitrogens with zero attached hydrogens (tertiary/aromatic N) is 3. The average Bonchev–Trinajstić information content (AvgIpc) is 3.10. The Balaban J connectivity index is 1.66. The standard InChI is InChI=1S/C21H27N5O3/c1-4-17-11-16(8-7-14(17)2)12-22-21-24-19-18(20(28)25-21)26(13-23-19)9-5-6-10-29-15(3)27/h7-8,11,13H,4-6,9-10,12H2,1-3H3,(H2,22,24,25,28). The van der Waals surface area contributed by atoms with E-state index in [4.69, 9.17) is 4.74 Å². The minimum atomic E-state index is -0.282. The van der Waals surface area contributed by atoms with Crippen LogP contribution in [0.5, 0.6) is 0 Å². The fraction of sp³-hybridized carbons (Fsp3) is 0.429. The van der Waals surface area contributed by atoms with E-state index >= 15 is 0 Å². The van der Waals surface area contributed by atoms with E-state index < -0.39 is 0 Å². The summed E-state index contributed by atoms with van der Waals surface area (Å²) in [5, 5.41) is 3.18. The highest BCUT2D eigenvalue weighted by Gasteiger charge is 2.10. The number of nitrogens with one attached hydrogen (secondary N) is 2. The van der Waals surface area contributed by atoms with Crippen LogP contribution in [0.25, 0.3) is 11.2 Å². The molecule has 3 aromatic rings. The Kier molecular flexibility index (Phi) is 6.64. The minimum Gasteiger partial charge on any atom is -0.466 e. The molecule has 0 spiro atoms. The molecule has 3 rings (SSSR count). The molecule has 0 atom stereocenters. The van der Waals surface area contributed by atoms with E-state index in [1.54, 1.807) is 10.9 Å². The number of benzene rings is 1. The van der Waals surface area contributed by atoms with Gasteiger partial charge in [0.1, 0.15) is 0 Å². The highest BCUT2D eigenvalue weighted by atomic mass is 16.5. The zero-order valence-corrected chi connectivity index (χ0v) is 17.1. The lowest BCUT2D eigenvalue weighted by Gasteiger charge is -2.09. The molecule has 154 valence electrons. The number of imidazole rings is 1. The zero-order valence-electron chi connectivity index (χ0n) is 17.1. The van der Waals surface area contributed by atoms with Crippen LogP contribution in [0.2, 0.25) is 0 Å². The van der Waals surface area contributed by atoms with Gasteiger partial charge >= 0.3 is 5.97 Å². The van der Waals surface area contributed by atoms with E-state index in [0.717, 1.165) is 24.8 Å². The van der Waals surface area contributed by atoms with Crippen LogP contribution in [0.4, 0.5) is 5.95 Å². The van der Waals surface area contributed by atoms with Gasteiger partial charge in [0.15, 0.2) is 11.2 Å². The Hall–Kier alpha value is -3.16. The number of fused-ring (bicyclic) bond motifs is 1. The van der Waals surface area contributed by atoms with Crippen molar-refractivity contribution < 1.29 is 9.53 Å². The van der Waals surface area contributed by atoms with Gasteiger partial charge in [0.25, 0.3) is 5.56 Å². The quantitative estimate of drug-likeness (QED) is 0.425. The van der Waals surface area contributed by atoms with Crippen LogP contribution in [0.3, 0.4) is 0 Å². The lowest BCUT2D eigenvalue weighted by atomic mass is 10.0. The molecule has 29 heavy (non-hydrogen) atoms. The molecule has 0 aliphatic carbocycles. The maximum Gasteiger partial charge on any atom is 0.302 e. The average molecular weight is 397 g/mol.